The fraction of sp³-hybridized carbons (Fsp3) is 0.125. The first-order valence-corrected chi connectivity index (χ1v) is 8.93. The van der Waals surface area contributed by atoms with Gasteiger partial charge in [0.15, 0.2) is 0 Å². The van der Waals surface area contributed by atoms with E-state index in [2.05, 4.69) is 31.2 Å². The average Bonchev–Trinajstić information content (AvgIpc) is 2.69. The maximum absolute atomic E-state index is 12.5. The molecular weight excluding hydrogens is 336 g/mol. The molecule has 0 atom stereocenters. The molecule has 0 unspecified atom stereocenters. The van der Waals surface area contributed by atoms with Crippen molar-refractivity contribution < 1.29 is 9.15 Å². The molecule has 0 aliphatic carbocycles. The van der Waals surface area contributed by atoms with Gasteiger partial charge in [0.1, 0.15) is 17.9 Å². The summed E-state index contributed by atoms with van der Waals surface area (Å²) in [6.45, 7) is 4.51. The molecule has 3 aromatic carbocycles. The summed E-state index contributed by atoms with van der Waals surface area (Å²) < 4.78 is 11.5. The molecule has 0 saturated heterocycles. The fourth-order valence-electron chi connectivity index (χ4n) is 3.21. The molecule has 0 saturated carbocycles. The predicted octanol–water partition coefficient (Wildman–Crippen LogP) is 5.66. The van der Waals surface area contributed by atoms with Crippen LogP contribution in [0.1, 0.15) is 16.7 Å². The van der Waals surface area contributed by atoms with E-state index in [1.165, 1.54) is 5.56 Å². The Morgan fingerprint density at radius 2 is 1.63 bits per heavy atom. The van der Waals surface area contributed by atoms with Crippen LogP contribution in [0.3, 0.4) is 0 Å². The van der Waals surface area contributed by atoms with Gasteiger partial charge in [-0.1, -0.05) is 60.2 Å². The van der Waals surface area contributed by atoms with Gasteiger partial charge in [-0.05, 0) is 48.7 Å². The molecule has 0 N–H and O–H groups in total. The molecule has 3 heteroatoms. The van der Waals surface area contributed by atoms with Crippen molar-refractivity contribution in [3.8, 4) is 16.9 Å². The highest BCUT2D eigenvalue weighted by molar-refractivity contribution is 5.87. The molecule has 3 nitrogen and oxygen atoms in total. The maximum Gasteiger partial charge on any atom is 0.344 e. The molecule has 0 radical (unpaired) electrons. The summed E-state index contributed by atoms with van der Waals surface area (Å²) in [5, 5.41) is 0.884. The van der Waals surface area contributed by atoms with Crippen molar-refractivity contribution in [2.45, 2.75) is 20.5 Å². The summed E-state index contributed by atoms with van der Waals surface area (Å²) in [4.78, 5) is 12.5. The van der Waals surface area contributed by atoms with E-state index in [4.69, 9.17) is 9.15 Å². The first-order valence-electron chi connectivity index (χ1n) is 8.93. The summed E-state index contributed by atoms with van der Waals surface area (Å²) in [5.74, 6) is 0.749. The van der Waals surface area contributed by atoms with Gasteiger partial charge < -0.3 is 9.15 Å². The third-order valence-electron chi connectivity index (χ3n) is 4.73. The van der Waals surface area contributed by atoms with Crippen molar-refractivity contribution in [1.82, 2.24) is 0 Å². The van der Waals surface area contributed by atoms with Gasteiger partial charge in [-0.3, -0.25) is 0 Å². The fourth-order valence-corrected chi connectivity index (χ4v) is 3.21. The van der Waals surface area contributed by atoms with Gasteiger partial charge in [0, 0.05) is 5.39 Å². The Kier molecular flexibility index (Phi) is 4.51. The van der Waals surface area contributed by atoms with Gasteiger partial charge in [0.05, 0.1) is 5.56 Å². The van der Waals surface area contributed by atoms with E-state index in [-0.39, 0.29) is 5.63 Å². The van der Waals surface area contributed by atoms with Crippen LogP contribution in [0.25, 0.3) is 22.1 Å². The average molecular weight is 356 g/mol. The molecule has 27 heavy (non-hydrogen) atoms. The molecule has 0 bridgehead atoms. The number of benzene rings is 3. The Morgan fingerprint density at radius 3 is 2.37 bits per heavy atom. The molecule has 134 valence electrons. The first-order chi connectivity index (χ1) is 13.1. The minimum absolute atomic E-state index is 0.320. The number of hydrogen-bond acceptors (Lipinski definition) is 3. The zero-order valence-electron chi connectivity index (χ0n) is 15.4. The van der Waals surface area contributed by atoms with Crippen LogP contribution in [-0.2, 0) is 6.61 Å². The smallest absolute Gasteiger partial charge is 0.344 e. The zero-order chi connectivity index (χ0) is 18.8. The Balaban J connectivity index is 1.70. The SMILES string of the molecule is Cc1ccc(COc2ccc3oc(=O)c(-c4ccccc4)c(C)c3c2)cc1. The second-order valence-corrected chi connectivity index (χ2v) is 6.69. The molecule has 0 aliphatic rings. The number of rotatable bonds is 4. The molecule has 0 fully saturated rings. The summed E-state index contributed by atoms with van der Waals surface area (Å²) in [6.07, 6.45) is 0. The molecule has 0 spiro atoms. The number of aryl methyl sites for hydroxylation is 2. The van der Waals surface area contributed by atoms with Gasteiger partial charge in [0.2, 0.25) is 0 Å². The standard InChI is InChI=1S/C24H20O3/c1-16-8-10-18(11-9-16)15-26-20-12-13-22-21(14-20)17(2)23(24(25)27-22)19-6-4-3-5-7-19/h3-14H,15H2,1-2H3. The molecular formula is C24H20O3. The molecule has 0 aliphatic heterocycles. The van der Waals surface area contributed by atoms with Gasteiger partial charge in [-0.2, -0.15) is 0 Å². The van der Waals surface area contributed by atoms with Crippen LogP contribution in [0, 0.1) is 13.8 Å². The van der Waals surface area contributed by atoms with Crippen molar-refractivity contribution in [2.75, 3.05) is 0 Å². The number of ether oxygens (including phenoxy) is 1. The van der Waals surface area contributed by atoms with Gasteiger partial charge in [0.25, 0.3) is 0 Å². The molecule has 4 rings (SSSR count). The van der Waals surface area contributed by atoms with E-state index in [0.717, 1.165) is 27.8 Å². The number of hydrogen-bond donors (Lipinski definition) is 0. The van der Waals surface area contributed by atoms with E-state index in [1.807, 2.05) is 49.4 Å². The van der Waals surface area contributed by atoms with Crippen molar-refractivity contribution in [3.63, 3.8) is 0 Å². The lowest BCUT2D eigenvalue weighted by Gasteiger charge is -2.11. The maximum atomic E-state index is 12.5. The van der Waals surface area contributed by atoms with Crippen LogP contribution in [-0.4, -0.2) is 0 Å². The van der Waals surface area contributed by atoms with E-state index in [9.17, 15) is 4.79 Å². The second-order valence-electron chi connectivity index (χ2n) is 6.69. The van der Waals surface area contributed by atoms with Crippen molar-refractivity contribution in [1.29, 1.82) is 0 Å². The monoisotopic (exact) mass is 356 g/mol. The van der Waals surface area contributed by atoms with Crippen LogP contribution in [0.5, 0.6) is 5.75 Å². The predicted molar refractivity (Wildman–Crippen MR) is 108 cm³/mol. The van der Waals surface area contributed by atoms with Crippen LogP contribution >= 0.6 is 0 Å². The Hall–Kier alpha value is -3.33. The van der Waals surface area contributed by atoms with E-state index in [0.29, 0.717) is 17.8 Å². The molecule has 0 amide bonds. The topological polar surface area (TPSA) is 39.4 Å². The normalized spacial score (nSPS) is 10.9. The second kappa shape index (κ2) is 7.12. The minimum atomic E-state index is -0.320. The van der Waals surface area contributed by atoms with E-state index >= 15 is 0 Å². The van der Waals surface area contributed by atoms with Crippen molar-refractivity contribution >= 4 is 11.0 Å². The molecule has 4 aromatic rings. The van der Waals surface area contributed by atoms with Crippen LogP contribution in [0.4, 0.5) is 0 Å². The van der Waals surface area contributed by atoms with Gasteiger partial charge in [-0.25, -0.2) is 4.79 Å². The third kappa shape index (κ3) is 3.49. The summed E-state index contributed by atoms with van der Waals surface area (Å²) >= 11 is 0. The summed E-state index contributed by atoms with van der Waals surface area (Å²) in [6, 6.07) is 23.4. The summed E-state index contributed by atoms with van der Waals surface area (Å²) in [7, 11) is 0. The van der Waals surface area contributed by atoms with Crippen LogP contribution in [0.2, 0.25) is 0 Å². The highest BCUT2D eigenvalue weighted by Gasteiger charge is 2.13. The molecule has 1 aromatic heterocycles. The van der Waals surface area contributed by atoms with Gasteiger partial charge in [-0.15, -0.1) is 0 Å². The summed E-state index contributed by atoms with van der Waals surface area (Å²) in [5.41, 5.74) is 4.94. The lowest BCUT2D eigenvalue weighted by Crippen LogP contribution is -2.06. The molecule has 1 heterocycles. The Morgan fingerprint density at radius 1 is 0.889 bits per heavy atom. The quantitative estimate of drug-likeness (QED) is 0.443. The Bertz CT molecular complexity index is 1140. The van der Waals surface area contributed by atoms with Crippen LogP contribution in [0.15, 0.2) is 82.0 Å². The van der Waals surface area contributed by atoms with Gasteiger partial charge >= 0.3 is 5.63 Å². The van der Waals surface area contributed by atoms with E-state index in [1.54, 1.807) is 6.07 Å². The lowest BCUT2D eigenvalue weighted by molar-refractivity contribution is 0.306. The first kappa shape index (κ1) is 17.1. The minimum Gasteiger partial charge on any atom is -0.489 e. The van der Waals surface area contributed by atoms with Crippen LogP contribution < -0.4 is 10.4 Å². The largest absolute Gasteiger partial charge is 0.489 e. The highest BCUT2D eigenvalue weighted by Crippen LogP contribution is 2.29. The lowest BCUT2D eigenvalue weighted by atomic mass is 9.99. The van der Waals surface area contributed by atoms with Crippen molar-refractivity contribution in [2.24, 2.45) is 0 Å². The number of fused-ring (bicyclic) bond motifs is 1. The highest BCUT2D eigenvalue weighted by atomic mass is 16.5. The van der Waals surface area contributed by atoms with Crippen molar-refractivity contribution in [3.05, 3.63) is 99.9 Å². The Labute approximate surface area is 157 Å². The van der Waals surface area contributed by atoms with E-state index < -0.39 is 0 Å². The third-order valence-corrected chi connectivity index (χ3v) is 4.73. The zero-order valence-corrected chi connectivity index (χ0v) is 15.4.